The molecule has 2 aliphatic heterocycles. The van der Waals surface area contributed by atoms with Gasteiger partial charge in [-0.05, 0) is 36.8 Å². The lowest BCUT2D eigenvalue weighted by Gasteiger charge is -2.19. The second kappa shape index (κ2) is 6.85. The highest BCUT2D eigenvalue weighted by atomic mass is 35.5. The average molecular weight is 480 g/mol. The van der Waals surface area contributed by atoms with E-state index in [1.165, 1.54) is 0 Å². The summed E-state index contributed by atoms with van der Waals surface area (Å²) in [6.45, 7) is 0. The molecule has 1 aliphatic carbocycles. The number of carbonyl (C=O) groups is 1. The number of halogens is 2. The van der Waals surface area contributed by atoms with E-state index in [0.29, 0.717) is 34.5 Å². The second-order valence-electron chi connectivity index (χ2n) is 8.54. The van der Waals surface area contributed by atoms with Crippen LogP contribution in [0, 0.1) is 11.6 Å². The molecule has 164 valence electrons. The molecule has 3 atom stereocenters. The summed E-state index contributed by atoms with van der Waals surface area (Å²) in [5, 5.41) is 3.95. The minimum Gasteiger partial charge on any atom is -0.489 e. The lowest BCUT2D eigenvalue weighted by molar-refractivity contribution is -0.288. The van der Waals surface area contributed by atoms with Crippen LogP contribution in [0.3, 0.4) is 0 Å². The van der Waals surface area contributed by atoms with Crippen molar-refractivity contribution in [2.45, 2.75) is 30.8 Å². The molecule has 1 amide bonds. The molecule has 2 N–H and O–H groups in total. The number of nitrogens with one attached hydrogen (secondary N) is 2. The Labute approximate surface area is 198 Å². The third kappa shape index (κ3) is 2.99. The molecule has 4 aromatic rings. The van der Waals surface area contributed by atoms with Crippen molar-refractivity contribution in [3.8, 4) is 17.2 Å². The van der Waals surface area contributed by atoms with Crippen LogP contribution in [0.1, 0.15) is 35.2 Å². The molecule has 0 spiro atoms. The molecule has 0 radical (unpaired) electrons. The maximum Gasteiger partial charge on any atom is 0.246 e. The Morgan fingerprint density at radius 1 is 1.15 bits per heavy atom. The van der Waals surface area contributed by atoms with Crippen LogP contribution in [0.2, 0.25) is 10.0 Å². The van der Waals surface area contributed by atoms with Gasteiger partial charge in [0.1, 0.15) is 40.0 Å². The number of rotatable bonds is 3. The molecule has 0 bridgehead atoms. The maximum absolute atomic E-state index is 11.7. The fourth-order valence-electron chi connectivity index (χ4n) is 4.90. The summed E-state index contributed by atoms with van der Waals surface area (Å²) >= 11 is 11.4. The van der Waals surface area contributed by atoms with Crippen LogP contribution in [0.25, 0.3) is 11.0 Å². The minimum absolute atomic E-state index is 0.0237. The Bertz CT molecular complexity index is 1450. The van der Waals surface area contributed by atoms with E-state index >= 15 is 0 Å². The zero-order valence-corrected chi connectivity index (χ0v) is 18.7. The van der Waals surface area contributed by atoms with Crippen LogP contribution in [0.15, 0.2) is 42.6 Å². The molecule has 2 aromatic heterocycles. The standard InChI is InChI=1S/C24H16Cl2N4O3/c25-13-8-15-16(9-14(13)26)29-24(28-15)21-20-12-7-10(1-3-17(12)33-22(20)21)32-18-5-6-27-23-11(18)2-4-19(31)30-23/h1,3,5-9,20-22,25H,2,4H2,(H-,27,28,29,30,31)/p+1. The van der Waals surface area contributed by atoms with Crippen molar-refractivity contribution in [1.29, 1.82) is 0 Å². The number of carbonyl (C=O) groups excluding carboxylic acids is 1. The first-order chi connectivity index (χ1) is 16.0. The zero-order chi connectivity index (χ0) is 22.3. The predicted molar refractivity (Wildman–Crippen MR) is 119 cm³/mol. The van der Waals surface area contributed by atoms with Crippen molar-refractivity contribution < 1.29 is 25.9 Å². The lowest BCUT2D eigenvalue weighted by atomic mass is 10.1. The number of H-pyrrole nitrogens is 1. The van der Waals surface area contributed by atoms with Gasteiger partial charge in [0.15, 0.2) is 11.6 Å². The lowest BCUT2D eigenvalue weighted by Crippen LogP contribution is -2.20. The van der Waals surface area contributed by atoms with E-state index in [1.54, 1.807) is 6.20 Å². The van der Waals surface area contributed by atoms with E-state index in [1.807, 2.05) is 36.4 Å². The highest BCUT2D eigenvalue weighted by Gasteiger charge is 2.61. The van der Waals surface area contributed by atoms with Gasteiger partial charge in [-0.1, -0.05) is 11.6 Å². The first-order valence-electron chi connectivity index (χ1n) is 10.7. The Morgan fingerprint density at radius 2 is 2.06 bits per heavy atom. The number of ether oxygens (including phenoxy) is 2. The molecule has 1 saturated carbocycles. The van der Waals surface area contributed by atoms with Gasteiger partial charge in [0.25, 0.3) is 0 Å². The molecule has 7 rings (SSSR count). The van der Waals surface area contributed by atoms with Gasteiger partial charge in [-0.25, -0.2) is 9.97 Å². The number of imidazole rings is 1. The van der Waals surface area contributed by atoms with Crippen molar-refractivity contribution in [1.82, 2.24) is 15.0 Å². The molecule has 9 heteroatoms. The van der Waals surface area contributed by atoms with E-state index < -0.39 is 0 Å². The normalized spacial score (nSPS) is 22.2. The van der Waals surface area contributed by atoms with Gasteiger partial charge in [0, 0.05) is 35.7 Å². The van der Waals surface area contributed by atoms with Crippen molar-refractivity contribution in [3.63, 3.8) is 0 Å². The van der Waals surface area contributed by atoms with Crippen molar-refractivity contribution in [3.05, 3.63) is 69.6 Å². The average Bonchev–Trinajstić information content (AvgIpc) is 3.15. The van der Waals surface area contributed by atoms with Crippen LogP contribution in [0.5, 0.6) is 17.2 Å². The summed E-state index contributed by atoms with van der Waals surface area (Å²) in [4.78, 5) is 24.1. The summed E-state index contributed by atoms with van der Waals surface area (Å²) in [6.07, 6.45) is 2.73. The van der Waals surface area contributed by atoms with E-state index in [9.17, 15) is 4.79 Å². The molecular weight excluding hydrogens is 463 g/mol. The van der Waals surface area contributed by atoms with Crippen LogP contribution in [0.4, 0.5) is 5.82 Å². The third-order valence-corrected chi connectivity index (χ3v) is 7.29. The third-order valence-electron chi connectivity index (χ3n) is 6.53. The van der Waals surface area contributed by atoms with Gasteiger partial charge >= 0.3 is 0 Å². The summed E-state index contributed by atoms with van der Waals surface area (Å²) in [7, 11) is 0. The molecule has 1 fully saturated rings. The number of hydrogen-bond acceptors (Lipinski definition) is 5. The van der Waals surface area contributed by atoms with Crippen molar-refractivity contribution in [2.24, 2.45) is 0 Å². The first kappa shape index (κ1) is 19.2. The van der Waals surface area contributed by atoms with Crippen molar-refractivity contribution in [2.75, 3.05) is 5.32 Å². The fourth-order valence-corrected chi connectivity index (χ4v) is 5.23. The van der Waals surface area contributed by atoms with Gasteiger partial charge in [0.05, 0.1) is 17.0 Å². The molecule has 4 heterocycles. The Kier molecular flexibility index (Phi) is 3.99. The minimum atomic E-state index is -0.0237. The number of pyridine rings is 1. The fraction of sp³-hybridized carbons (Fsp3) is 0.208. The van der Waals surface area contributed by atoms with Crippen LogP contribution in [-0.2, 0) is 11.2 Å². The van der Waals surface area contributed by atoms with E-state index in [2.05, 4.69) is 15.3 Å². The Morgan fingerprint density at radius 3 is 2.97 bits per heavy atom. The van der Waals surface area contributed by atoms with Gasteiger partial charge in [0.2, 0.25) is 10.9 Å². The topological polar surface area (TPSA) is 89.1 Å². The van der Waals surface area contributed by atoms with Gasteiger partial charge in [-0.3, -0.25) is 4.79 Å². The molecule has 33 heavy (non-hydrogen) atoms. The van der Waals surface area contributed by atoms with Crippen molar-refractivity contribution >= 4 is 34.4 Å². The number of anilines is 1. The number of hydrogen-bond donors (Lipinski definition) is 2. The van der Waals surface area contributed by atoms with E-state index in [0.717, 1.165) is 39.5 Å². The number of fused-ring (bicyclic) bond motifs is 5. The second-order valence-corrected chi connectivity index (χ2v) is 9.39. The first-order valence-corrected chi connectivity index (χ1v) is 11.5. The molecule has 2 aromatic carbocycles. The Hall–Kier alpha value is -3.29. The summed E-state index contributed by atoms with van der Waals surface area (Å²) in [6, 6.07) is 11.4. The predicted octanol–water partition coefficient (Wildman–Crippen LogP) is 4.63. The quantitative estimate of drug-likeness (QED) is 0.447. The van der Waals surface area contributed by atoms with Gasteiger partial charge in [-0.15, -0.1) is 0 Å². The zero-order valence-electron chi connectivity index (χ0n) is 17.1. The highest BCUT2D eigenvalue weighted by molar-refractivity contribution is 6.31. The highest BCUT2D eigenvalue weighted by Crippen LogP contribution is 2.63. The molecule has 0 saturated heterocycles. The monoisotopic (exact) mass is 479 g/mol. The Balaban J connectivity index is 1.18. The molecule has 7 nitrogen and oxygen atoms in total. The molecular formula is C24H17Cl2N4O3+. The summed E-state index contributed by atoms with van der Waals surface area (Å²) < 4.78 is 12.4. The van der Waals surface area contributed by atoms with E-state index in [4.69, 9.17) is 37.7 Å². The van der Waals surface area contributed by atoms with Gasteiger partial charge < -0.3 is 19.8 Å². The number of nitrogens with zero attached hydrogens (tertiary/aromatic N) is 2. The van der Waals surface area contributed by atoms with Crippen LogP contribution >= 0.6 is 11.6 Å². The smallest absolute Gasteiger partial charge is 0.246 e. The van der Waals surface area contributed by atoms with Gasteiger partial charge in [-0.2, -0.15) is 0 Å². The number of aromatic nitrogens is 3. The number of amides is 1. The number of benzene rings is 2. The maximum atomic E-state index is 11.7. The number of aromatic amines is 1. The summed E-state index contributed by atoms with van der Waals surface area (Å²) in [5.41, 5.74) is 3.72. The molecule has 3 unspecified atom stereocenters. The van der Waals surface area contributed by atoms with Crippen LogP contribution in [-0.4, -0.2) is 27.0 Å². The summed E-state index contributed by atoms with van der Waals surface area (Å²) in [5.74, 6) is 4.10. The van der Waals surface area contributed by atoms with E-state index in [-0.39, 0.29) is 23.8 Å². The SMILES string of the molecule is O=C1CCc2c(Oc3ccc4c(c3)C3C(O4)C3c3nc4cc([ClH+])c(Cl)cc4[nH]3)ccnc2N1. The van der Waals surface area contributed by atoms with Crippen LogP contribution < -0.4 is 14.8 Å². The largest absolute Gasteiger partial charge is 0.489 e. The molecule has 3 aliphatic rings.